The molecule has 0 radical (unpaired) electrons. The largest absolute Gasteiger partial charge is 0.385 e. The number of nitrogens with zero attached hydrogens (tertiary/aromatic N) is 3. The SMILES string of the molecule is COCCC(C)NCc1nncn1C. The van der Waals surface area contributed by atoms with Gasteiger partial charge in [0.25, 0.3) is 0 Å². The van der Waals surface area contributed by atoms with Crippen molar-refractivity contribution >= 4 is 0 Å². The van der Waals surface area contributed by atoms with E-state index >= 15 is 0 Å². The number of hydrogen-bond donors (Lipinski definition) is 1. The second-order valence-corrected chi connectivity index (χ2v) is 3.42. The van der Waals surface area contributed by atoms with Crippen molar-refractivity contribution in [2.45, 2.75) is 25.9 Å². The summed E-state index contributed by atoms with van der Waals surface area (Å²) in [6.45, 7) is 3.67. The molecule has 14 heavy (non-hydrogen) atoms. The lowest BCUT2D eigenvalue weighted by molar-refractivity contribution is 0.184. The molecule has 0 saturated carbocycles. The maximum absolute atomic E-state index is 5.00. The summed E-state index contributed by atoms with van der Waals surface area (Å²) in [5.74, 6) is 0.953. The fourth-order valence-corrected chi connectivity index (χ4v) is 1.13. The molecule has 0 saturated heterocycles. The predicted octanol–water partition coefficient (Wildman–Crippen LogP) is 0.330. The number of hydrogen-bond acceptors (Lipinski definition) is 4. The summed E-state index contributed by atoms with van der Waals surface area (Å²) in [6, 6.07) is 0.437. The van der Waals surface area contributed by atoms with Crippen molar-refractivity contribution in [3.63, 3.8) is 0 Å². The molecule has 1 atom stereocenters. The smallest absolute Gasteiger partial charge is 0.146 e. The van der Waals surface area contributed by atoms with Crippen molar-refractivity contribution < 1.29 is 4.74 Å². The molecule has 0 bridgehead atoms. The van der Waals surface area contributed by atoms with Crippen LogP contribution >= 0.6 is 0 Å². The molecular formula is C9H18N4O. The predicted molar refractivity (Wildman–Crippen MR) is 53.8 cm³/mol. The van der Waals surface area contributed by atoms with Crippen LogP contribution in [0.4, 0.5) is 0 Å². The van der Waals surface area contributed by atoms with Crippen molar-refractivity contribution in [3.05, 3.63) is 12.2 Å². The van der Waals surface area contributed by atoms with Crippen molar-refractivity contribution in [2.24, 2.45) is 7.05 Å². The Labute approximate surface area is 84.5 Å². The maximum Gasteiger partial charge on any atom is 0.146 e. The Morgan fingerprint density at radius 1 is 1.64 bits per heavy atom. The molecule has 5 heteroatoms. The molecule has 0 amide bonds. The van der Waals surface area contributed by atoms with E-state index in [1.165, 1.54) is 0 Å². The van der Waals surface area contributed by atoms with Crippen LogP contribution in [0.15, 0.2) is 6.33 Å². The molecule has 0 fully saturated rings. The summed E-state index contributed by atoms with van der Waals surface area (Å²) < 4.78 is 6.91. The zero-order chi connectivity index (χ0) is 10.4. The van der Waals surface area contributed by atoms with Crippen LogP contribution in [0.3, 0.4) is 0 Å². The van der Waals surface area contributed by atoms with Crippen molar-refractivity contribution in [3.8, 4) is 0 Å². The summed E-state index contributed by atoms with van der Waals surface area (Å²) in [4.78, 5) is 0. The highest BCUT2D eigenvalue weighted by atomic mass is 16.5. The lowest BCUT2D eigenvalue weighted by atomic mass is 10.2. The zero-order valence-electron chi connectivity index (χ0n) is 9.03. The Morgan fingerprint density at radius 3 is 3.00 bits per heavy atom. The standard InChI is InChI=1S/C9H18N4O/c1-8(4-5-14-3)10-6-9-12-11-7-13(9)2/h7-8,10H,4-6H2,1-3H3. The average molecular weight is 198 g/mol. The third-order valence-electron chi connectivity index (χ3n) is 2.17. The number of aryl methyl sites for hydroxylation is 1. The van der Waals surface area contributed by atoms with Crippen LogP contribution in [0, 0.1) is 0 Å². The number of ether oxygens (including phenoxy) is 1. The molecule has 1 unspecified atom stereocenters. The first-order valence-electron chi connectivity index (χ1n) is 4.79. The first kappa shape index (κ1) is 11.1. The van der Waals surface area contributed by atoms with Crippen LogP contribution in [0.5, 0.6) is 0 Å². The summed E-state index contributed by atoms with van der Waals surface area (Å²) in [6.07, 6.45) is 2.71. The van der Waals surface area contributed by atoms with Gasteiger partial charge in [-0.25, -0.2) is 0 Å². The fourth-order valence-electron chi connectivity index (χ4n) is 1.13. The second-order valence-electron chi connectivity index (χ2n) is 3.42. The Bertz CT molecular complexity index is 261. The van der Waals surface area contributed by atoms with E-state index in [9.17, 15) is 0 Å². The number of nitrogens with one attached hydrogen (secondary N) is 1. The van der Waals surface area contributed by atoms with Gasteiger partial charge < -0.3 is 14.6 Å². The second kappa shape index (κ2) is 5.72. The summed E-state index contributed by atoms with van der Waals surface area (Å²) in [7, 11) is 3.66. The van der Waals surface area contributed by atoms with E-state index in [1.54, 1.807) is 13.4 Å². The molecule has 1 N–H and O–H groups in total. The quantitative estimate of drug-likeness (QED) is 0.715. The average Bonchev–Trinajstić information content (AvgIpc) is 2.58. The van der Waals surface area contributed by atoms with Gasteiger partial charge >= 0.3 is 0 Å². The zero-order valence-corrected chi connectivity index (χ0v) is 9.03. The summed E-state index contributed by atoms with van der Waals surface area (Å²) in [5.41, 5.74) is 0. The lowest BCUT2D eigenvalue weighted by Gasteiger charge is -2.12. The van der Waals surface area contributed by atoms with Gasteiger partial charge in [-0.3, -0.25) is 0 Å². The minimum Gasteiger partial charge on any atom is -0.385 e. The van der Waals surface area contributed by atoms with E-state index in [1.807, 2.05) is 11.6 Å². The molecule has 80 valence electrons. The van der Waals surface area contributed by atoms with E-state index in [4.69, 9.17) is 4.74 Å². The highest BCUT2D eigenvalue weighted by Crippen LogP contribution is 1.95. The Hall–Kier alpha value is -0.940. The molecule has 1 aromatic rings. The Balaban J connectivity index is 2.23. The molecule has 0 spiro atoms. The van der Waals surface area contributed by atoms with Gasteiger partial charge in [0.05, 0.1) is 6.54 Å². The normalized spacial score (nSPS) is 13.1. The third-order valence-corrected chi connectivity index (χ3v) is 2.17. The molecule has 1 heterocycles. The number of methoxy groups -OCH3 is 1. The molecule has 1 aromatic heterocycles. The van der Waals surface area contributed by atoms with E-state index in [2.05, 4.69) is 22.4 Å². The third kappa shape index (κ3) is 3.43. The highest BCUT2D eigenvalue weighted by Gasteiger charge is 2.04. The summed E-state index contributed by atoms with van der Waals surface area (Å²) in [5, 5.41) is 11.2. The first-order chi connectivity index (χ1) is 6.74. The van der Waals surface area contributed by atoms with Crippen LogP contribution < -0.4 is 5.32 Å². The first-order valence-corrected chi connectivity index (χ1v) is 4.79. The van der Waals surface area contributed by atoms with Gasteiger partial charge in [-0.05, 0) is 13.3 Å². The van der Waals surface area contributed by atoms with Gasteiger partial charge in [-0.1, -0.05) is 0 Å². The molecule has 5 nitrogen and oxygen atoms in total. The lowest BCUT2D eigenvalue weighted by Crippen LogP contribution is -2.27. The maximum atomic E-state index is 5.00. The van der Waals surface area contributed by atoms with Crippen molar-refractivity contribution in [1.82, 2.24) is 20.1 Å². The number of aromatic nitrogens is 3. The Kier molecular flexibility index (Phi) is 4.55. The van der Waals surface area contributed by atoms with E-state index in [0.29, 0.717) is 6.04 Å². The molecule has 0 aliphatic carbocycles. The van der Waals surface area contributed by atoms with Crippen LogP contribution in [-0.2, 0) is 18.3 Å². The van der Waals surface area contributed by atoms with Crippen molar-refractivity contribution in [2.75, 3.05) is 13.7 Å². The molecular weight excluding hydrogens is 180 g/mol. The van der Waals surface area contributed by atoms with Crippen LogP contribution in [-0.4, -0.2) is 34.5 Å². The van der Waals surface area contributed by atoms with Gasteiger partial charge in [0.1, 0.15) is 12.2 Å². The van der Waals surface area contributed by atoms with Crippen LogP contribution in [0.1, 0.15) is 19.2 Å². The van der Waals surface area contributed by atoms with Crippen LogP contribution in [0.25, 0.3) is 0 Å². The molecule has 1 rings (SSSR count). The van der Waals surface area contributed by atoms with Gasteiger partial charge in [0.15, 0.2) is 0 Å². The van der Waals surface area contributed by atoms with Crippen molar-refractivity contribution in [1.29, 1.82) is 0 Å². The minimum absolute atomic E-state index is 0.437. The molecule has 0 aliphatic heterocycles. The topological polar surface area (TPSA) is 52.0 Å². The van der Waals surface area contributed by atoms with Gasteiger partial charge in [0.2, 0.25) is 0 Å². The highest BCUT2D eigenvalue weighted by molar-refractivity contribution is 4.83. The summed E-state index contributed by atoms with van der Waals surface area (Å²) >= 11 is 0. The van der Waals surface area contributed by atoms with Gasteiger partial charge in [0, 0.05) is 26.8 Å². The van der Waals surface area contributed by atoms with E-state index < -0.39 is 0 Å². The van der Waals surface area contributed by atoms with E-state index in [0.717, 1.165) is 25.4 Å². The number of rotatable bonds is 6. The van der Waals surface area contributed by atoms with Crippen LogP contribution in [0.2, 0.25) is 0 Å². The molecule has 0 aromatic carbocycles. The molecule has 0 aliphatic rings. The Morgan fingerprint density at radius 2 is 2.43 bits per heavy atom. The van der Waals surface area contributed by atoms with Gasteiger partial charge in [-0.2, -0.15) is 0 Å². The fraction of sp³-hybridized carbons (Fsp3) is 0.778. The monoisotopic (exact) mass is 198 g/mol. The van der Waals surface area contributed by atoms with E-state index in [-0.39, 0.29) is 0 Å². The minimum atomic E-state index is 0.437. The van der Waals surface area contributed by atoms with Gasteiger partial charge in [-0.15, -0.1) is 10.2 Å².